The maximum atomic E-state index is 12.9. The Labute approximate surface area is 152 Å². The van der Waals surface area contributed by atoms with Gasteiger partial charge in [0, 0.05) is 23.5 Å². The first-order chi connectivity index (χ1) is 12.1. The van der Waals surface area contributed by atoms with Gasteiger partial charge in [-0.05, 0) is 42.9 Å². The average molecular weight is 354 g/mol. The maximum Gasteiger partial charge on any atom is 0.249 e. The normalized spacial score (nSPS) is 15.9. The second-order valence-electron chi connectivity index (χ2n) is 6.19. The summed E-state index contributed by atoms with van der Waals surface area (Å²) in [6.45, 7) is 3.31. The maximum absolute atomic E-state index is 12.9. The first kappa shape index (κ1) is 17.4. The lowest BCUT2D eigenvalue weighted by Gasteiger charge is -2.24. The zero-order chi connectivity index (χ0) is 17.6. The molecule has 4 nitrogen and oxygen atoms in total. The summed E-state index contributed by atoms with van der Waals surface area (Å²) in [4.78, 5) is 28.4. The zero-order valence-corrected chi connectivity index (χ0v) is 15.1. The largest absolute Gasteiger partial charge is 0.341 e. The average Bonchev–Trinajstić information content (AvgIpc) is 3.33. The Hall–Kier alpha value is -2.40. The third-order valence-corrected chi connectivity index (χ3v) is 5.15. The van der Waals surface area contributed by atoms with Crippen LogP contribution in [0.2, 0.25) is 0 Å². The fraction of sp³-hybridized carbons (Fsp3) is 0.300. The van der Waals surface area contributed by atoms with Crippen molar-refractivity contribution < 1.29 is 9.59 Å². The number of likely N-dealkylation sites (tertiary alicyclic amines) is 1. The molecule has 1 saturated heterocycles. The third-order valence-electron chi connectivity index (χ3n) is 4.33. The minimum absolute atomic E-state index is 0.0269. The van der Waals surface area contributed by atoms with E-state index >= 15 is 0 Å². The fourth-order valence-electron chi connectivity index (χ4n) is 2.95. The summed E-state index contributed by atoms with van der Waals surface area (Å²) in [5.41, 5.74) is 1.41. The molecule has 0 unspecified atom stereocenters. The Kier molecular flexibility index (Phi) is 5.66. The molecule has 0 spiro atoms. The van der Waals surface area contributed by atoms with Gasteiger partial charge in [0.15, 0.2) is 0 Å². The van der Waals surface area contributed by atoms with E-state index in [1.54, 1.807) is 18.3 Å². The summed E-state index contributed by atoms with van der Waals surface area (Å²) in [6.07, 6.45) is 3.90. The van der Waals surface area contributed by atoms with E-state index in [1.165, 1.54) is 0 Å². The molecular formula is C20H22N2O2S. The van der Waals surface area contributed by atoms with Gasteiger partial charge in [-0.1, -0.05) is 36.4 Å². The van der Waals surface area contributed by atoms with E-state index in [-0.39, 0.29) is 11.8 Å². The summed E-state index contributed by atoms with van der Waals surface area (Å²) in [5, 5.41) is 4.90. The van der Waals surface area contributed by atoms with Gasteiger partial charge in [-0.25, -0.2) is 0 Å². The molecule has 25 heavy (non-hydrogen) atoms. The lowest BCUT2D eigenvalue weighted by Crippen LogP contribution is -2.42. The van der Waals surface area contributed by atoms with Crippen molar-refractivity contribution >= 4 is 29.2 Å². The van der Waals surface area contributed by atoms with Crippen LogP contribution in [0.25, 0.3) is 6.08 Å². The number of amides is 2. The molecule has 1 aliphatic heterocycles. The standard InChI is InChI=1S/C20H22N2O2S/c1-15(14-17-10-7-13-25-17)19(23)21-18(16-8-3-2-4-9-16)20(24)22-11-5-6-12-22/h2-4,7-10,13-14,18H,5-6,11-12H2,1H3,(H,21,23)/b15-14+/t18-/m0/s1. The van der Waals surface area contributed by atoms with Gasteiger partial charge in [-0.3, -0.25) is 9.59 Å². The molecule has 1 N–H and O–H groups in total. The minimum Gasteiger partial charge on any atom is -0.341 e. The van der Waals surface area contributed by atoms with Crippen molar-refractivity contribution in [1.82, 2.24) is 10.2 Å². The van der Waals surface area contributed by atoms with Crippen molar-refractivity contribution in [1.29, 1.82) is 0 Å². The Morgan fingerprint density at radius 3 is 2.48 bits per heavy atom. The SMILES string of the molecule is C/C(=C\c1cccs1)C(=O)N[C@H](C(=O)N1CCCC1)c1ccccc1. The van der Waals surface area contributed by atoms with Crippen LogP contribution in [0, 0.1) is 0 Å². The van der Waals surface area contributed by atoms with Crippen LogP contribution >= 0.6 is 11.3 Å². The number of nitrogens with one attached hydrogen (secondary N) is 1. The molecule has 0 bridgehead atoms. The molecule has 1 aliphatic rings. The van der Waals surface area contributed by atoms with Gasteiger partial charge in [0.2, 0.25) is 11.8 Å². The predicted molar refractivity (Wildman–Crippen MR) is 101 cm³/mol. The summed E-state index contributed by atoms with van der Waals surface area (Å²) in [6, 6.07) is 12.7. The smallest absolute Gasteiger partial charge is 0.249 e. The van der Waals surface area contributed by atoms with Crippen LogP contribution in [0.15, 0.2) is 53.4 Å². The number of rotatable bonds is 5. The van der Waals surface area contributed by atoms with Crippen molar-refractivity contribution in [3.8, 4) is 0 Å². The summed E-state index contributed by atoms with van der Waals surface area (Å²) in [7, 11) is 0. The summed E-state index contributed by atoms with van der Waals surface area (Å²) >= 11 is 1.58. The highest BCUT2D eigenvalue weighted by Crippen LogP contribution is 2.20. The van der Waals surface area contributed by atoms with E-state index in [4.69, 9.17) is 0 Å². The first-order valence-corrected chi connectivity index (χ1v) is 9.39. The topological polar surface area (TPSA) is 49.4 Å². The van der Waals surface area contributed by atoms with Gasteiger partial charge >= 0.3 is 0 Å². The molecule has 2 amide bonds. The lowest BCUT2D eigenvalue weighted by molar-refractivity contribution is -0.135. The number of nitrogens with zero attached hydrogens (tertiary/aromatic N) is 1. The monoisotopic (exact) mass is 354 g/mol. The molecule has 1 fully saturated rings. The second kappa shape index (κ2) is 8.12. The fourth-order valence-corrected chi connectivity index (χ4v) is 3.67. The van der Waals surface area contributed by atoms with Crippen molar-refractivity contribution in [2.75, 3.05) is 13.1 Å². The lowest BCUT2D eigenvalue weighted by atomic mass is 10.0. The summed E-state index contributed by atoms with van der Waals surface area (Å²) < 4.78 is 0. The van der Waals surface area contributed by atoms with E-state index in [9.17, 15) is 9.59 Å². The van der Waals surface area contributed by atoms with Gasteiger partial charge < -0.3 is 10.2 Å². The number of hydrogen-bond acceptors (Lipinski definition) is 3. The van der Waals surface area contributed by atoms with Gasteiger partial charge in [-0.15, -0.1) is 11.3 Å². The molecule has 2 heterocycles. The number of carbonyl (C=O) groups is 2. The van der Waals surface area contributed by atoms with Gasteiger partial charge in [0.25, 0.3) is 0 Å². The molecule has 1 atom stereocenters. The Bertz CT molecular complexity index is 747. The van der Waals surface area contributed by atoms with Crippen LogP contribution in [-0.4, -0.2) is 29.8 Å². The Balaban J connectivity index is 1.79. The zero-order valence-electron chi connectivity index (χ0n) is 14.3. The molecule has 1 aromatic carbocycles. The van der Waals surface area contributed by atoms with Crippen LogP contribution in [-0.2, 0) is 9.59 Å². The van der Waals surface area contributed by atoms with E-state index in [0.29, 0.717) is 5.57 Å². The number of benzene rings is 1. The molecule has 3 rings (SSSR count). The number of carbonyl (C=O) groups excluding carboxylic acids is 2. The van der Waals surface area contributed by atoms with Crippen LogP contribution in [0.4, 0.5) is 0 Å². The van der Waals surface area contributed by atoms with Crippen molar-refractivity contribution in [3.63, 3.8) is 0 Å². The quantitative estimate of drug-likeness (QED) is 0.834. The highest BCUT2D eigenvalue weighted by molar-refractivity contribution is 7.10. The van der Waals surface area contributed by atoms with Gasteiger partial charge in [0.1, 0.15) is 6.04 Å². The van der Waals surface area contributed by atoms with E-state index in [2.05, 4.69) is 5.32 Å². The molecule has 5 heteroatoms. The molecular weight excluding hydrogens is 332 g/mol. The van der Waals surface area contributed by atoms with Crippen molar-refractivity contribution in [2.45, 2.75) is 25.8 Å². The van der Waals surface area contributed by atoms with E-state index in [1.807, 2.05) is 58.8 Å². The van der Waals surface area contributed by atoms with E-state index in [0.717, 1.165) is 36.4 Å². The molecule has 1 aromatic heterocycles. The minimum atomic E-state index is -0.640. The van der Waals surface area contributed by atoms with Crippen LogP contribution in [0.1, 0.15) is 36.2 Å². The van der Waals surface area contributed by atoms with Crippen LogP contribution in [0.3, 0.4) is 0 Å². The number of hydrogen-bond donors (Lipinski definition) is 1. The molecule has 130 valence electrons. The Morgan fingerprint density at radius 2 is 1.84 bits per heavy atom. The van der Waals surface area contributed by atoms with E-state index < -0.39 is 6.04 Å². The third kappa shape index (κ3) is 4.37. The number of thiophene rings is 1. The van der Waals surface area contributed by atoms with Crippen LogP contribution in [0.5, 0.6) is 0 Å². The molecule has 2 aromatic rings. The molecule has 0 saturated carbocycles. The molecule has 0 aliphatic carbocycles. The van der Waals surface area contributed by atoms with Gasteiger partial charge in [-0.2, -0.15) is 0 Å². The van der Waals surface area contributed by atoms with Crippen molar-refractivity contribution in [3.05, 3.63) is 63.9 Å². The van der Waals surface area contributed by atoms with Crippen molar-refractivity contribution in [2.24, 2.45) is 0 Å². The highest BCUT2D eigenvalue weighted by atomic mass is 32.1. The highest BCUT2D eigenvalue weighted by Gasteiger charge is 2.29. The first-order valence-electron chi connectivity index (χ1n) is 8.51. The Morgan fingerprint density at radius 1 is 1.12 bits per heavy atom. The summed E-state index contributed by atoms with van der Waals surface area (Å²) in [5.74, 6) is -0.240. The van der Waals surface area contributed by atoms with Crippen LogP contribution < -0.4 is 5.32 Å². The molecule has 0 radical (unpaired) electrons. The second-order valence-corrected chi connectivity index (χ2v) is 7.17. The van der Waals surface area contributed by atoms with Gasteiger partial charge in [0.05, 0.1) is 0 Å². The predicted octanol–water partition coefficient (Wildman–Crippen LogP) is 3.63.